The molecule has 0 aliphatic heterocycles. The van der Waals surface area contributed by atoms with E-state index >= 15 is 0 Å². The number of unbranched alkanes of at least 4 members (excludes halogenated alkanes) is 11. The minimum atomic E-state index is -0.769. The van der Waals surface area contributed by atoms with E-state index in [9.17, 15) is 9.59 Å². The van der Waals surface area contributed by atoms with E-state index in [1.54, 1.807) is 0 Å². The van der Waals surface area contributed by atoms with Gasteiger partial charge in [0.05, 0.1) is 14.2 Å². The molecule has 0 saturated heterocycles. The summed E-state index contributed by atoms with van der Waals surface area (Å²) in [6.45, 7) is 2.25. The standard InChI is InChI=1S/C22H40O4/c1-4-5-6-7-8-9-10-11-12-13-14-15-16-17-18-19-20(21(23)25-2)22(24)26-3/h11-12,20H,4-10,13-19H2,1-3H3. The molecule has 152 valence electrons. The van der Waals surface area contributed by atoms with Crippen molar-refractivity contribution in [1.29, 1.82) is 0 Å². The van der Waals surface area contributed by atoms with Crippen molar-refractivity contribution in [2.24, 2.45) is 5.92 Å². The summed E-state index contributed by atoms with van der Waals surface area (Å²) in [6.07, 6.45) is 21.1. The largest absolute Gasteiger partial charge is 0.468 e. The molecule has 0 unspecified atom stereocenters. The maximum atomic E-state index is 11.6. The topological polar surface area (TPSA) is 52.6 Å². The molecule has 4 heteroatoms. The Balaban J connectivity index is 3.50. The molecular weight excluding hydrogens is 328 g/mol. The number of carbonyl (C=O) groups excluding carboxylic acids is 2. The van der Waals surface area contributed by atoms with Crippen LogP contribution >= 0.6 is 0 Å². The Labute approximate surface area is 160 Å². The number of carbonyl (C=O) groups is 2. The molecule has 0 saturated carbocycles. The maximum absolute atomic E-state index is 11.6. The van der Waals surface area contributed by atoms with Gasteiger partial charge < -0.3 is 9.47 Å². The Morgan fingerprint density at radius 1 is 0.692 bits per heavy atom. The summed E-state index contributed by atoms with van der Waals surface area (Å²) in [5, 5.41) is 0. The Hall–Kier alpha value is -1.32. The van der Waals surface area contributed by atoms with Crippen LogP contribution in [-0.4, -0.2) is 26.2 Å². The van der Waals surface area contributed by atoms with Gasteiger partial charge in [-0.15, -0.1) is 0 Å². The highest BCUT2D eigenvalue weighted by Crippen LogP contribution is 2.15. The van der Waals surface area contributed by atoms with Crippen molar-refractivity contribution in [3.8, 4) is 0 Å². The van der Waals surface area contributed by atoms with E-state index in [1.807, 2.05) is 0 Å². The number of methoxy groups -OCH3 is 2. The van der Waals surface area contributed by atoms with E-state index in [0.717, 1.165) is 25.7 Å². The first kappa shape index (κ1) is 24.7. The van der Waals surface area contributed by atoms with Gasteiger partial charge in [-0.1, -0.05) is 76.9 Å². The maximum Gasteiger partial charge on any atom is 0.320 e. The molecule has 0 bridgehead atoms. The highest BCUT2D eigenvalue weighted by atomic mass is 16.5. The second-order valence-corrected chi connectivity index (χ2v) is 6.97. The zero-order valence-corrected chi connectivity index (χ0v) is 17.3. The predicted octanol–water partition coefficient (Wildman–Crippen LogP) is 5.99. The van der Waals surface area contributed by atoms with Crippen LogP contribution in [0.3, 0.4) is 0 Å². The van der Waals surface area contributed by atoms with Crippen molar-refractivity contribution in [2.45, 2.75) is 96.8 Å². The van der Waals surface area contributed by atoms with Crippen molar-refractivity contribution >= 4 is 11.9 Å². The summed E-state index contributed by atoms with van der Waals surface area (Å²) in [5.41, 5.74) is 0. The molecule has 0 spiro atoms. The van der Waals surface area contributed by atoms with Crippen LogP contribution in [0.4, 0.5) is 0 Å². The van der Waals surface area contributed by atoms with E-state index in [2.05, 4.69) is 28.5 Å². The molecule has 0 aromatic rings. The van der Waals surface area contributed by atoms with Gasteiger partial charge in [0.2, 0.25) is 0 Å². The van der Waals surface area contributed by atoms with E-state index in [-0.39, 0.29) is 0 Å². The number of rotatable bonds is 17. The number of ether oxygens (including phenoxy) is 2. The van der Waals surface area contributed by atoms with Crippen molar-refractivity contribution in [3.63, 3.8) is 0 Å². The van der Waals surface area contributed by atoms with Crippen LogP contribution in [0.15, 0.2) is 12.2 Å². The van der Waals surface area contributed by atoms with Crippen molar-refractivity contribution in [2.75, 3.05) is 14.2 Å². The molecule has 0 N–H and O–H groups in total. The molecule has 0 aliphatic carbocycles. The normalized spacial score (nSPS) is 11.2. The van der Waals surface area contributed by atoms with Crippen LogP contribution in [-0.2, 0) is 19.1 Å². The molecule has 0 aliphatic rings. The molecule has 0 amide bonds. The fourth-order valence-electron chi connectivity index (χ4n) is 3.04. The number of esters is 2. The van der Waals surface area contributed by atoms with Gasteiger partial charge >= 0.3 is 11.9 Å². The SMILES string of the molecule is CCCCCCCCC=CCCCCCCCC(C(=O)OC)C(=O)OC. The van der Waals surface area contributed by atoms with E-state index < -0.39 is 17.9 Å². The molecule has 0 radical (unpaired) electrons. The van der Waals surface area contributed by atoms with Crippen LogP contribution in [0, 0.1) is 5.92 Å². The summed E-state index contributed by atoms with van der Waals surface area (Å²) in [4.78, 5) is 23.1. The number of allylic oxidation sites excluding steroid dienone is 2. The molecule has 0 atom stereocenters. The first-order valence-corrected chi connectivity index (χ1v) is 10.5. The van der Waals surface area contributed by atoms with Gasteiger partial charge in [-0.05, 0) is 32.1 Å². The molecule has 0 rings (SSSR count). The number of hydrogen-bond donors (Lipinski definition) is 0. The second kappa shape index (κ2) is 18.5. The molecule has 26 heavy (non-hydrogen) atoms. The zero-order valence-electron chi connectivity index (χ0n) is 17.3. The fourth-order valence-corrected chi connectivity index (χ4v) is 3.04. The highest BCUT2D eigenvalue weighted by Gasteiger charge is 2.27. The van der Waals surface area contributed by atoms with Crippen molar-refractivity contribution in [1.82, 2.24) is 0 Å². The van der Waals surface area contributed by atoms with Gasteiger partial charge in [0.15, 0.2) is 5.92 Å². The number of hydrogen-bond acceptors (Lipinski definition) is 4. The van der Waals surface area contributed by atoms with Crippen LogP contribution < -0.4 is 0 Å². The third kappa shape index (κ3) is 13.9. The van der Waals surface area contributed by atoms with Gasteiger partial charge in [0.1, 0.15) is 0 Å². The monoisotopic (exact) mass is 368 g/mol. The summed E-state index contributed by atoms with van der Waals surface area (Å²) < 4.78 is 9.33. The minimum absolute atomic E-state index is 0.493. The van der Waals surface area contributed by atoms with Crippen LogP contribution in [0.25, 0.3) is 0 Å². The molecule has 0 aromatic carbocycles. The zero-order chi connectivity index (χ0) is 19.5. The molecule has 0 aromatic heterocycles. The minimum Gasteiger partial charge on any atom is -0.468 e. The van der Waals surface area contributed by atoms with Crippen molar-refractivity contribution < 1.29 is 19.1 Å². The summed E-state index contributed by atoms with van der Waals surface area (Å²) in [5.74, 6) is -1.75. The van der Waals surface area contributed by atoms with E-state index in [1.165, 1.54) is 72.0 Å². The Morgan fingerprint density at radius 3 is 1.58 bits per heavy atom. The molecule has 0 heterocycles. The average Bonchev–Trinajstić information content (AvgIpc) is 2.66. The first-order chi connectivity index (χ1) is 12.7. The Morgan fingerprint density at radius 2 is 1.12 bits per heavy atom. The van der Waals surface area contributed by atoms with E-state index in [4.69, 9.17) is 0 Å². The van der Waals surface area contributed by atoms with Crippen LogP contribution in [0.2, 0.25) is 0 Å². The van der Waals surface area contributed by atoms with Gasteiger partial charge in [0, 0.05) is 0 Å². The molecule has 4 nitrogen and oxygen atoms in total. The lowest BCUT2D eigenvalue weighted by atomic mass is 10.0. The van der Waals surface area contributed by atoms with Crippen LogP contribution in [0.1, 0.15) is 96.8 Å². The summed E-state index contributed by atoms with van der Waals surface area (Å²) >= 11 is 0. The van der Waals surface area contributed by atoms with Gasteiger partial charge in [-0.2, -0.15) is 0 Å². The van der Waals surface area contributed by atoms with Gasteiger partial charge in [0.25, 0.3) is 0 Å². The third-order valence-electron chi connectivity index (χ3n) is 4.73. The lowest BCUT2D eigenvalue weighted by Gasteiger charge is -2.11. The Kier molecular flexibility index (Phi) is 17.5. The molecular formula is C22H40O4. The summed E-state index contributed by atoms with van der Waals surface area (Å²) in [7, 11) is 2.61. The van der Waals surface area contributed by atoms with E-state index in [0.29, 0.717) is 6.42 Å². The van der Waals surface area contributed by atoms with Gasteiger partial charge in [-0.25, -0.2) is 0 Å². The smallest absolute Gasteiger partial charge is 0.320 e. The lowest BCUT2D eigenvalue weighted by molar-refractivity contribution is -0.159. The average molecular weight is 369 g/mol. The van der Waals surface area contributed by atoms with Gasteiger partial charge in [-0.3, -0.25) is 9.59 Å². The predicted molar refractivity (Wildman–Crippen MR) is 107 cm³/mol. The third-order valence-corrected chi connectivity index (χ3v) is 4.73. The Bertz CT molecular complexity index is 360. The van der Waals surface area contributed by atoms with Crippen molar-refractivity contribution in [3.05, 3.63) is 12.2 Å². The first-order valence-electron chi connectivity index (χ1n) is 10.5. The van der Waals surface area contributed by atoms with Crippen LogP contribution in [0.5, 0.6) is 0 Å². The summed E-state index contributed by atoms with van der Waals surface area (Å²) in [6, 6.07) is 0. The quantitative estimate of drug-likeness (QED) is 0.137. The second-order valence-electron chi connectivity index (χ2n) is 6.97. The highest BCUT2D eigenvalue weighted by molar-refractivity contribution is 5.94. The lowest BCUT2D eigenvalue weighted by Crippen LogP contribution is -2.26. The fraction of sp³-hybridized carbons (Fsp3) is 0.818. The molecule has 0 fully saturated rings.